The summed E-state index contributed by atoms with van der Waals surface area (Å²) in [5.74, 6) is -2.79. The zero-order valence-corrected chi connectivity index (χ0v) is 33.1. The van der Waals surface area contributed by atoms with Crippen LogP contribution in [-0.2, 0) is 36.7 Å². The molecule has 2 amide bonds. The molecule has 12 nitrogen and oxygen atoms in total. The number of hydrogen-bond donors (Lipinski definition) is 4. The molecule has 3 heterocycles. The van der Waals surface area contributed by atoms with Gasteiger partial charge in [0.1, 0.15) is 0 Å². The van der Waals surface area contributed by atoms with Crippen molar-refractivity contribution in [3.8, 4) is 0 Å². The summed E-state index contributed by atoms with van der Waals surface area (Å²) in [7, 11) is 0. The molecule has 16 heteroatoms. The van der Waals surface area contributed by atoms with Crippen LogP contribution in [0.3, 0.4) is 0 Å². The normalized spacial score (nSPS) is 25.8. The van der Waals surface area contributed by atoms with Crippen LogP contribution in [0.15, 0.2) is 53.7 Å². The Balaban J connectivity index is 1.43. The second kappa shape index (κ2) is 15.9. The van der Waals surface area contributed by atoms with Gasteiger partial charge in [-0.1, -0.05) is 66.9 Å². The zero-order valence-electron chi connectivity index (χ0n) is 32.3. The second-order valence-electron chi connectivity index (χ2n) is 16.0. The maximum absolute atomic E-state index is 15.0. The third kappa shape index (κ3) is 7.34. The highest BCUT2D eigenvalue weighted by atomic mass is 32.2. The maximum Gasteiger partial charge on any atom is 0.416 e. The van der Waals surface area contributed by atoms with Gasteiger partial charge in [0.2, 0.25) is 11.6 Å². The third-order valence-electron chi connectivity index (χ3n) is 12.3. The van der Waals surface area contributed by atoms with E-state index in [9.17, 15) is 22.8 Å². The van der Waals surface area contributed by atoms with Gasteiger partial charge in [0.15, 0.2) is 16.9 Å². The van der Waals surface area contributed by atoms with Gasteiger partial charge >= 0.3 is 12.1 Å². The van der Waals surface area contributed by atoms with Crippen molar-refractivity contribution in [3.63, 3.8) is 0 Å². The van der Waals surface area contributed by atoms with Crippen molar-refractivity contribution in [1.29, 1.82) is 5.41 Å². The van der Waals surface area contributed by atoms with E-state index < -0.39 is 64.1 Å². The van der Waals surface area contributed by atoms with Gasteiger partial charge in [-0.2, -0.15) is 30.4 Å². The molecule has 4 atom stereocenters. The topological polar surface area (TPSA) is 176 Å². The molecule has 1 aliphatic carbocycles. The fourth-order valence-corrected chi connectivity index (χ4v) is 10.5. The molecule has 2 aromatic carbocycles. The van der Waals surface area contributed by atoms with E-state index in [4.69, 9.17) is 26.6 Å². The smallest absolute Gasteiger partial charge is 0.369 e. The Hall–Kier alpha value is -4.31. The minimum atomic E-state index is -4.58. The number of nitrogens with zero attached hydrogens (tertiary/aromatic N) is 3. The van der Waals surface area contributed by atoms with Crippen LogP contribution < -0.4 is 16.9 Å². The minimum absolute atomic E-state index is 0.0357. The van der Waals surface area contributed by atoms with Crippen LogP contribution in [0.4, 0.5) is 13.2 Å². The Morgan fingerprint density at radius 3 is 2.32 bits per heavy atom. The number of piperidine rings is 1. The summed E-state index contributed by atoms with van der Waals surface area (Å²) >= 11 is 1.56. The predicted octanol–water partition coefficient (Wildman–Crippen LogP) is 5.54. The van der Waals surface area contributed by atoms with Crippen LogP contribution in [0, 0.1) is 23.2 Å². The van der Waals surface area contributed by atoms with Gasteiger partial charge in [0, 0.05) is 24.6 Å². The highest BCUT2D eigenvalue weighted by Crippen LogP contribution is 2.54. The molecule has 4 aliphatic rings. The Morgan fingerprint density at radius 1 is 1.07 bits per heavy atom. The number of amidine groups is 2. The number of nitrogens with one attached hydrogen (secondary N) is 2. The van der Waals surface area contributed by atoms with Crippen molar-refractivity contribution in [3.05, 3.63) is 70.8 Å². The van der Waals surface area contributed by atoms with Crippen molar-refractivity contribution >= 4 is 41.2 Å². The van der Waals surface area contributed by atoms with Crippen LogP contribution in [0.25, 0.3) is 0 Å². The number of nitrogens with two attached hydrogens (primary N) is 2. The number of carbonyl (C=O) groups excluding carboxylic acids is 3. The highest BCUT2D eigenvalue weighted by molar-refractivity contribution is 7.98. The first-order chi connectivity index (χ1) is 26.5. The number of primary amides is 1. The Bertz CT molecular complexity index is 1850. The zero-order chi connectivity index (χ0) is 40.6. The van der Waals surface area contributed by atoms with E-state index in [-0.39, 0.29) is 23.7 Å². The van der Waals surface area contributed by atoms with E-state index >= 15 is 4.79 Å². The standard InChI is InChI=1S/C40H52F3N7O5S/c1-24(44)49-19-17-26(18-20-49)32(23-56-4)38(46)36(53)54-48-35(52)39(38,29-10-6-5-7-11-29)50-34(47-55-37(50,2)3)27-15-13-25(14-16-27)21-31(33(45)51)28-9-8-12-30(22-28)40(41,42)43/h8-9,12-16,22,26,29,31-32,44H,5-7,10-11,17-21,23,46H2,1-4H3,(H2,45,51)(H,48,52)/t31?,32-,38+,39+/m0/s1. The molecule has 0 aromatic heterocycles. The lowest BCUT2D eigenvalue weighted by atomic mass is 9.55. The third-order valence-corrected chi connectivity index (χ3v) is 13.0. The highest BCUT2D eigenvalue weighted by Gasteiger charge is 2.75. The van der Waals surface area contributed by atoms with E-state index in [1.165, 1.54) is 12.1 Å². The molecular weight excluding hydrogens is 748 g/mol. The Kier molecular flexibility index (Phi) is 11.7. The molecule has 0 bridgehead atoms. The fourth-order valence-electron chi connectivity index (χ4n) is 9.61. The van der Waals surface area contributed by atoms with E-state index in [0.717, 1.165) is 31.4 Å². The average Bonchev–Trinajstić information content (AvgIpc) is 3.49. The van der Waals surface area contributed by atoms with Crippen molar-refractivity contribution < 1.29 is 37.2 Å². The molecule has 0 radical (unpaired) electrons. The molecular formula is C40H52F3N7O5S. The Morgan fingerprint density at radius 2 is 1.73 bits per heavy atom. The molecule has 3 fully saturated rings. The molecule has 6 N–H and O–H groups in total. The molecule has 1 unspecified atom stereocenters. The summed E-state index contributed by atoms with van der Waals surface area (Å²) in [4.78, 5) is 57.7. The monoisotopic (exact) mass is 799 g/mol. The molecule has 0 spiro atoms. The average molecular weight is 800 g/mol. The first-order valence-corrected chi connectivity index (χ1v) is 20.6. The van der Waals surface area contributed by atoms with Crippen LogP contribution in [-0.4, -0.2) is 81.2 Å². The number of likely N-dealkylation sites (tertiary alicyclic amines) is 1. The number of oxime groups is 1. The lowest BCUT2D eigenvalue weighted by molar-refractivity contribution is -0.213. The van der Waals surface area contributed by atoms with E-state index in [1.54, 1.807) is 61.7 Å². The van der Waals surface area contributed by atoms with Crippen LogP contribution >= 0.6 is 11.8 Å². The van der Waals surface area contributed by atoms with Gasteiger partial charge in [-0.25, -0.2) is 4.79 Å². The number of alkyl halides is 3. The summed E-state index contributed by atoms with van der Waals surface area (Å²) in [6, 6.07) is 11.6. The number of hydroxylamine groups is 1. The maximum atomic E-state index is 15.0. The SMILES string of the molecule is CSC[C@@H](C1CCN(C(C)=N)CC1)[C@@]1(N)C(=O)ONC(=O)[C@@]1(C1CCCCC1)N1C(c2ccc(CC(C(N)=O)c3cccc(C(F)(F)F)c3)cc2)=NOC1(C)C. The van der Waals surface area contributed by atoms with Crippen molar-refractivity contribution in [1.82, 2.24) is 15.3 Å². The fraction of sp³-hybridized carbons (Fsp3) is 0.575. The minimum Gasteiger partial charge on any atom is -0.369 e. The van der Waals surface area contributed by atoms with Gasteiger partial charge in [0.25, 0.3) is 5.91 Å². The number of thioether (sulfide) groups is 1. The summed E-state index contributed by atoms with van der Waals surface area (Å²) in [6.45, 7) is 6.59. The number of benzene rings is 2. The van der Waals surface area contributed by atoms with Crippen molar-refractivity contribution in [2.75, 3.05) is 25.1 Å². The van der Waals surface area contributed by atoms with E-state index in [2.05, 4.69) is 10.6 Å². The van der Waals surface area contributed by atoms with Gasteiger partial charge in [-0.15, -0.1) is 0 Å². The van der Waals surface area contributed by atoms with Crippen LogP contribution in [0.5, 0.6) is 0 Å². The van der Waals surface area contributed by atoms with E-state index in [1.807, 2.05) is 11.2 Å². The number of rotatable bonds is 11. The van der Waals surface area contributed by atoms with E-state index in [0.29, 0.717) is 61.5 Å². The Labute approximate surface area is 329 Å². The lowest BCUT2D eigenvalue weighted by Crippen LogP contribution is -2.88. The van der Waals surface area contributed by atoms with Gasteiger partial charge in [-0.05, 0) is 93.9 Å². The second-order valence-corrected chi connectivity index (χ2v) is 16.9. The molecule has 2 saturated heterocycles. The summed E-state index contributed by atoms with van der Waals surface area (Å²) in [6.07, 6.45) is 2.64. The van der Waals surface area contributed by atoms with Crippen LogP contribution in [0.1, 0.15) is 93.9 Å². The molecule has 56 heavy (non-hydrogen) atoms. The van der Waals surface area contributed by atoms with Gasteiger partial charge in [-0.3, -0.25) is 19.9 Å². The van der Waals surface area contributed by atoms with Crippen LogP contribution in [0.2, 0.25) is 0 Å². The largest absolute Gasteiger partial charge is 0.416 e. The number of amides is 2. The van der Waals surface area contributed by atoms with Crippen molar-refractivity contribution in [2.24, 2.45) is 34.4 Å². The number of carbonyl (C=O) groups is 3. The predicted molar refractivity (Wildman–Crippen MR) is 207 cm³/mol. The summed E-state index contributed by atoms with van der Waals surface area (Å²) in [5, 5.41) is 12.8. The van der Waals surface area contributed by atoms with Gasteiger partial charge < -0.3 is 26.0 Å². The molecule has 3 aliphatic heterocycles. The molecule has 2 aromatic rings. The summed E-state index contributed by atoms with van der Waals surface area (Å²) < 4.78 is 40.6. The molecule has 1 saturated carbocycles. The van der Waals surface area contributed by atoms with Crippen molar-refractivity contribution in [2.45, 2.75) is 101 Å². The number of halogens is 3. The summed E-state index contributed by atoms with van der Waals surface area (Å²) in [5.41, 5.74) is 11.5. The quantitative estimate of drug-likeness (QED) is 0.168. The first kappa shape index (κ1) is 41.3. The first-order valence-electron chi connectivity index (χ1n) is 19.2. The lowest BCUT2D eigenvalue weighted by Gasteiger charge is -2.61. The number of hydrogen-bond acceptors (Lipinski definition) is 10. The molecule has 304 valence electrons. The van der Waals surface area contributed by atoms with Gasteiger partial charge in [0.05, 0.1) is 17.3 Å². The molecule has 6 rings (SSSR count).